The number of carbonyl (C=O) groups excluding carboxylic acids is 1. The SMILES string of the molecule is CI.Cc1noc(C)c1-c1cc(-c2c(C)noc2C)c2c(c1)n(C)c(=O)n2C.Cc1noc(C)c1B1OC(C)(C)C(C)(C)O1.Cn1c(=O)n(C)c2c(Br)cc(Br)cc21.O=C1Cc2c(Br)cc(Br)cc2N1. The van der Waals surface area contributed by atoms with E-state index in [1.807, 2.05) is 104 Å². The number of aryl methyl sites for hydroxylation is 10. The first-order valence-electron chi connectivity index (χ1n) is 21.7. The van der Waals surface area contributed by atoms with E-state index in [2.05, 4.69) is 113 Å². The second kappa shape index (κ2) is 21.6. The van der Waals surface area contributed by atoms with Gasteiger partial charge in [0.25, 0.3) is 0 Å². The Balaban J connectivity index is 0.000000159. The van der Waals surface area contributed by atoms with Gasteiger partial charge in [-0.15, -0.1) is 0 Å². The number of nitrogens with zero attached hydrogens (tertiary/aromatic N) is 7. The highest BCUT2D eigenvalue weighted by molar-refractivity contribution is 14.1. The molecule has 16 nitrogen and oxygen atoms in total. The molecule has 1 fully saturated rings. The third-order valence-corrected chi connectivity index (χ3v) is 14.8. The third-order valence-electron chi connectivity index (χ3n) is 12.6. The van der Waals surface area contributed by atoms with Crippen LogP contribution in [0.15, 0.2) is 77.4 Å². The van der Waals surface area contributed by atoms with Crippen molar-refractivity contribution < 1.29 is 27.7 Å². The van der Waals surface area contributed by atoms with Crippen molar-refractivity contribution in [2.75, 3.05) is 10.2 Å². The van der Waals surface area contributed by atoms with Crippen molar-refractivity contribution in [3.63, 3.8) is 0 Å². The first-order chi connectivity index (χ1) is 32.7. The molecule has 1 N–H and O–H groups in total. The van der Waals surface area contributed by atoms with Gasteiger partial charge in [0.15, 0.2) is 0 Å². The standard InChI is InChI=1S/C19H20N4O3.C11H18BNO3.C9H8Br2N2O.C8H5Br2NO.CH3I/c1-9-16(11(3)25-20-9)13-7-14(17-10(2)21-26-12(17)4)18-15(8-13)22(5)19(24)23(18)6;1-7-9(8(2)14-13-7)12-15-10(3,4)11(5,6)16-12;1-12-7-4-5(10)3-6(11)8(7)13(2)9(12)14;9-4-1-6(10)5-3-8(12)11-7(5)2-4;1-2/h7-8H,1-6H3;1-6H3;3-4H,1-2H3;1-2H,3H2,(H,11,12);1H3. The highest BCUT2D eigenvalue weighted by Crippen LogP contribution is 2.39. The first kappa shape index (κ1) is 55.3. The lowest BCUT2D eigenvalue weighted by Crippen LogP contribution is -2.41. The fourth-order valence-corrected chi connectivity index (χ4v) is 11.2. The highest BCUT2D eigenvalue weighted by Gasteiger charge is 2.53. The molecule has 0 spiro atoms. The van der Waals surface area contributed by atoms with Crippen molar-refractivity contribution in [1.82, 2.24) is 33.7 Å². The number of halogens is 5. The number of aromatic nitrogens is 7. The molecule has 7 heterocycles. The van der Waals surface area contributed by atoms with Crippen LogP contribution >= 0.6 is 86.3 Å². The minimum Gasteiger partial charge on any atom is -0.399 e. The molecule has 5 aromatic heterocycles. The molecule has 0 bridgehead atoms. The summed E-state index contributed by atoms with van der Waals surface area (Å²) >= 11 is 15.7. The Labute approximate surface area is 453 Å². The zero-order valence-corrected chi connectivity index (χ0v) is 50.0. The molecular formula is C48H54BBr4IN8O8. The molecule has 1 saturated heterocycles. The Morgan fingerprint density at radius 1 is 0.600 bits per heavy atom. The minimum atomic E-state index is -0.378. The fourth-order valence-electron chi connectivity index (χ4n) is 8.35. The van der Waals surface area contributed by atoms with E-state index in [1.165, 1.54) is 0 Å². The second-order valence-electron chi connectivity index (χ2n) is 17.8. The molecule has 10 rings (SSSR count). The number of carbonyl (C=O) groups is 1. The van der Waals surface area contributed by atoms with Gasteiger partial charge in [-0.25, -0.2) is 9.59 Å². The zero-order valence-electron chi connectivity index (χ0n) is 41.5. The molecule has 0 radical (unpaired) electrons. The summed E-state index contributed by atoms with van der Waals surface area (Å²) in [5, 5.41) is 14.9. The van der Waals surface area contributed by atoms with E-state index in [0.29, 0.717) is 6.42 Å². The molecule has 70 heavy (non-hydrogen) atoms. The lowest BCUT2D eigenvalue weighted by Gasteiger charge is -2.32. The van der Waals surface area contributed by atoms with Crippen LogP contribution in [0.3, 0.4) is 0 Å². The molecule has 372 valence electrons. The third kappa shape index (κ3) is 10.7. The molecule has 2 aliphatic heterocycles. The average molecular weight is 1330 g/mol. The largest absolute Gasteiger partial charge is 0.500 e. The summed E-state index contributed by atoms with van der Waals surface area (Å²) in [6.07, 6.45) is 0.475. The summed E-state index contributed by atoms with van der Waals surface area (Å²) in [5.41, 5.74) is 11.8. The predicted octanol–water partition coefficient (Wildman–Crippen LogP) is 11.2. The average Bonchev–Trinajstić information content (AvgIpc) is 4.13. The smallest absolute Gasteiger partial charge is 0.399 e. The second-order valence-corrected chi connectivity index (χ2v) is 21.4. The van der Waals surface area contributed by atoms with Crippen LogP contribution < -0.4 is 22.2 Å². The molecule has 2 aliphatic rings. The van der Waals surface area contributed by atoms with E-state index in [0.717, 1.165) is 113 Å². The molecule has 0 atom stereocenters. The number of hydrogen-bond donors (Lipinski definition) is 1. The maximum absolute atomic E-state index is 12.6. The number of rotatable bonds is 3. The molecule has 0 unspecified atom stereocenters. The van der Waals surface area contributed by atoms with Gasteiger partial charge in [0.1, 0.15) is 17.3 Å². The van der Waals surface area contributed by atoms with Crippen molar-refractivity contribution in [3.05, 3.63) is 115 Å². The van der Waals surface area contributed by atoms with Gasteiger partial charge < -0.3 is 28.2 Å². The van der Waals surface area contributed by atoms with Crippen LogP contribution in [0, 0.1) is 41.5 Å². The maximum atomic E-state index is 12.6. The van der Waals surface area contributed by atoms with E-state index in [4.69, 9.17) is 22.9 Å². The lowest BCUT2D eigenvalue weighted by molar-refractivity contribution is -0.115. The zero-order chi connectivity index (χ0) is 52.1. The molecule has 0 saturated carbocycles. The first-order valence-corrected chi connectivity index (χ1v) is 27.1. The lowest BCUT2D eigenvalue weighted by atomic mass is 9.77. The molecule has 22 heteroatoms. The van der Waals surface area contributed by atoms with Gasteiger partial charge >= 0.3 is 18.5 Å². The number of anilines is 1. The summed E-state index contributed by atoms with van der Waals surface area (Å²) < 4.78 is 38.1. The van der Waals surface area contributed by atoms with Crippen molar-refractivity contribution in [2.24, 2.45) is 28.2 Å². The van der Waals surface area contributed by atoms with E-state index >= 15 is 0 Å². The van der Waals surface area contributed by atoms with Crippen LogP contribution in [-0.2, 0) is 48.7 Å². The molecule has 0 aliphatic carbocycles. The van der Waals surface area contributed by atoms with Gasteiger partial charge in [-0.3, -0.25) is 23.1 Å². The number of fused-ring (bicyclic) bond motifs is 3. The molecule has 3 aromatic carbocycles. The van der Waals surface area contributed by atoms with Gasteiger partial charge in [0.05, 0.1) is 56.8 Å². The van der Waals surface area contributed by atoms with Crippen LogP contribution in [0.25, 0.3) is 44.3 Å². The van der Waals surface area contributed by atoms with Crippen LogP contribution in [0.5, 0.6) is 0 Å². The van der Waals surface area contributed by atoms with Crippen molar-refractivity contribution in [3.8, 4) is 22.3 Å². The number of benzene rings is 3. The summed E-state index contributed by atoms with van der Waals surface area (Å²) in [5.74, 6) is 2.28. The van der Waals surface area contributed by atoms with Crippen molar-refractivity contribution in [2.45, 2.75) is 86.9 Å². The quantitative estimate of drug-likeness (QED) is 0.101. The minimum absolute atomic E-state index is 0.0150. The van der Waals surface area contributed by atoms with Gasteiger partial charge in [-0.1, -0.05) is 85.9 Å². The number of hydrogen-bond acceptors (Lipinski definition) is 11. The van der Waals surface area contributed by atoms with Gasteiger partial charge in [-0.2, -0.15) is 0 Å². The van der Waals surface area contributed by atoms with Gasteiger partial charge in [0.2, 0.25) is 5.91 Å². The Morgan fingerprint density at radius 2 is 1.07 bits per heavy atom. The number of imidazole rings is 2. The number of alkyl halides is 1. The van der Waals surface area contributed by atoms with Crippen molar-refractivity contribution >= 4 is 133 Å². The molecule has 1 amide bonds. The monoisotopic (exact) mass is 1320 g/mol. The Kier molecular flexibility index (Phi) is 17.0. The Bertz CT molecular complexity index is 3340. The van der Waals surface area contributed by atoms with Crippen molar-refractivity contribution in [1.29, 1.82) is 0 Å². The number of nitrogens with one attached hydrogen (secondary N) is 1. The Hall–Kier alpha value is -4.07. The Morgan fingerprint density at radius 3 is 1.59 bits per heavy atom. The fraction of sp³-hybridized carbons (Fsp3) is 0.375. The van der Waals surface area contributed by atoms with E-state index < -0.39 is 0 Å². The maximum Gasteiger partial charge on any atom is 0.500 e. The van der Waals surface area contributed by atoms with Gasteiger partial charge in [-0.05, 0) is 138 Å². The molecule has 8 aromatic rings. The highest BCUT2D eigenvalue weighted by atomic mass is 127. The predicted molar refractivity (Wildman–Crippen MR) is 297 cm³/mol. The summed E-state index contributed by atoms with van der Waals surface area (Å²) in [6, 6.07) is 11.8. The van der Waals surface area contributed by atoms with E-state index in [1.54, 1.807) is 46.5 Å². The summed E-state index contributed by atoms with van der Waals surface area (Å²) in [6.45, 7) is 19.5. The summed E-state index contributed by atoms with van der Waals surface area (Å²) in [7, 11) is 6.71. The van der Waals surface area contributed by atoms with Crippen LogP contribution in [0.1, 0.15) is 67.6 Å². The number of amides is 1. The summed E-state index contributed by atoms with van der Waals surface area (Å²) in [4.78, 5) is 37.2. The normalized spacial score (nSPS) is 14.3. The van der Waals surface area contributed by atoms with Crippen LogP contribution in [0.4, 0.5) is 5.69 Å². The van der Waals surface area contributed by atoms with Gasteiger partial charge in [0, 0.05) is 73.9 Å². The van der Waals surface area contributed by atoms with Crippen LogP contribution in [-0.4, -0.2) is 62.9 Å². The van der Waals surface area contributed by atoms with E-state index in [-0.39, 0.29) is 35.6 Å². The van der Waals surface area contributed by atoms with E-state index in [9.17, 15) is 14.4 Å². The van der Waals surface area contributed by atoms with Crippen LogP contribution in [0.2, 0.25) is 0 Å². The topological polar surface area (TPSA) is 180 Å². The molecular weight excluding hydrogens is 1270 g/mol.